The minimum atomic E-state index is 0.137. The molecule has 0 bridgehead atoms. The molecule has 2 heterocycles. The molecule has 1 fully saturated rings. The van der Waals surface area contributed by atoms with E-state index in [0.29, 0.717) is 5.92 Å². The van der Waals surface area contributed by atoms with Crippen LogP contribution in [0.4, 0.5) is 0 Å². The summed E-state index contributed by atoms with van der Waals surface area (Å²) in [4.78, 5) is 3.20. The molecule has 3 N–H and O–H groups in total. The number of rotatable bonds is 2. The molecule has 0 amide bonds. The molecule has 1 aromatic heterocycles. The molecule has 17 heavy (non-hydrogen) atoms. The molecule has 2 aromatic rings. The van der Waals surface area contributed by atoms with Crippen molar-refractivity contribution in [2.45, 2.75) is 18.9 Å². The summed E-state index contributed by atoms with van der Waals surface area (Å²) in [5.41, 5.74) is 8.78. The fourth-order valence-corrected chi connectivity index (χ4v) is 2.63. The normalized spacial score (nSPS) is 19.6. The minimum absolute atomic E-state index is 0.137. The van der Waals surface area contributed by atoms with Gasteiger partial charge in [0.25, 0.3) is 0 Å². The zero-order valence-electron chi connectivity index (χ0n) is 9.86. The van der Waals surface area contributed by atoms with Gasteiger partial charge in [0.15, 0.2) is 0 Å². The fraction of sp³-hybridized carbons (Fsp3) is 0.429. The highest BCUT2D eigenvalue weighted by atomic mass is 16.5. The van der Waals surface area contributed by atoms with Crippen LogP contribution in [0.1, 0.15) is 24.4 Å². The van der Waals surface area contributed by atoms with E-state index in [1.807, 2.05) is 6.20 Å². The maximum atomic E-state index is 6.36. The first kappa shape index (κ1) is 10.8. The van der Waals surface area contributed by atoms with Gasteiger partial charge in [-0.3, -0.25) is 0 Å². The monoisotopic (exact) mass is 230 g/mol. The molecule has 3 nitrogen and oxygen atoms in total. The summed E-state index contributed by atoms with van der Waals surface area (Å²) in [6, 6.07) is 8.68. The van der Waals surface area contributed by atoms with E-state index in [-0.39, 0.29) is 6.04 Å². The van der Waals surface area contributed by atoms with Crippen LogP contribution in [0, 0.1) is 5.92 Å². The molecular formula is C14H18N2O. The third-order valence-electron chi connectivity index (χ3n) is 3.74. The van der Waals surface area contributed by atoms with E-state index in [0.717, 1.165) is 26.1 Å². The summed E-state index contributed by atoms with van der Waals surface area (Å²) in [6.07, 6.45) is 4.12. The predicted octanol–water partition coefficient (Wildman–Crippen LogP) is 2.59. The van der Waals surface area contributed by atoms with E-state index >= 15 is 0 Å². The van der Waals surface area contributed by atoms with Crippen LogP contribution >= 0.6 is 0 Å². The highest BCUT2D eigenvalue weighted by molar-refractivity contribution is 5.80. The van der Waals surface area contributed by atoms with Gasteiger partial charge in [-0.05, 0) is 47.9 Å². The zero-order chi connectivity index (χ0) is 11.7. The van der Waals surface area contributed by atoms with E-state index in [2.05, 4.69) is 29.2 Å². The maximum Gasteiger partial charge on any atom is 0.0469 e. The Kier molecular flexibility index (Phi) is 2.87. The van der Waals surface area contributed by atoms with E-state index < -0.39 is 0 Å². The molecule has 0 unspecified atom stereocenters. The van der Waals surface area contributed by atoms with Gasteiger partial charge in [-0.25, -0.2) is 0 Å². The number of nitrogens with two attached hydrogens (primary N) is 1. The Morgan fingerprint density at radius 3 is 2.88 bits per heavy atom. The van der Waals surface area contributed by atoms with E-state index in [1.165, 1.54) is 16.5 Å². The van der Waals surface area contributed by atoms with Gasteiger partial charge in [0, 0.05) is 31.0 Å². The van der Waals surface area contributed by atoms with Crippen molar-refractivity contribution >= 4 is 10.9 Å². The molecule has 90 valence electrons. The van der Waals surface area contributed by atoms with Crippen LogP contribution in [0.3, 0.4) is 0 Å². The highest BCUT2D eigenvalue weighted by Gasteiger charge is 2.22. The molecule has 1 aliphatic rings. The van der Waals surface area contributed by atoms with Crippen LogP contribution < -0.4 is 5.73 Å². The van der Waals surface area contributed by atoms with Crippen molar-refractivity contribution < 1.29 is 4.74 Å². The van der Waals surface area contributed by atoms with Gasteiger partial charge in [-0.15, -0.1) is 0 Å². The second kappa shape index (κ2) is 4.51. The SMILES string of the molecule is N[C@@H](c1ccc2[nH]ccc2c1)C1CCOCC1. The number of hydrogen-bond acceptors (Lipinski definition) is 2. The number of aromatic nitrogens is 1. The summed E-state index contributed by atoms with van der Waals surface area (Å²) in [7, 11) is 0. The van der Waals surface area contributed by atoms with Crippen molar-refractivity contribution in [3.8, 4) is 0 Å². The second-order valence-electron chi connectivity index (χ2n) is 4.80. The lowest BCUT2D eigenvalue weighted by Crippen LogP contribution is -2.27. The Morgan fingerprint density at radius 2 is 2.06 bits per heavy atom. The summed E-state index contributed by atoms with van der Waals surface area (Å²) in [5, 5.41) is 1.24. The number of nitrogens with one attached hydrogen (secondary N) is 1. The third kappa shape index (κ3) is 2.08. The number of H-pyrrole nitrogens is 1. The first-order valence-electron chi connectivity index (χ1n) is 6.25. The average Bonchev–Trinajstić information content (AvgIpc) is 2.86. The number of ether oxygens (including phenoxy) is 1. The lowest BCUT2D eigenvalue weighted by Gasteiger charge is -2.27. The van der Waals surface area contributed by atoms with Gasteiger partial charge in [-0.1, -0.05) is 6.07 Å². The van der Waals surface area contributed by atoms with Crippen LogP contribution in [0.5, 0.6) is 0 Å². The first-order chi connectivity index (χ1) is 8.34. The Hall–Kier alpha value is -1.32. The molecule has 1 aliphatic heterocycles. The van der Waals surface area contributed by atoms with Crippen molar-refractivity contribution in [2.75, 3.05) is 13.2 Å². The van der Waals surface area contributed by atoms with Gasteiger partial charge in [0.05, 0.1) is 0 Å². The van der Waals surface area contributed by atoms with Crippen LogP contribution in [0.2, 0.25) is 0 Å². The minimum Gasteiger partial charge on any atom is -0.381 e. The first-order valence-corrected chi connectivity index (χ1v) is 6.25. The molecule has 0 spiro atoms. The van der Waals surface area contributed by atoms with Gasteiger partial charge < -0.3 is 15.5 Å². The lowest BCUT2D eigenvalue weighted by molar-refractivity contribution is 0.0584. The smallest absolute Gasteiger partial charge is 0.0469 e. The summed E-state index contributed by atoms with van der Waals surface area (Å²) in [6.45, 7) is 1.70. The molecule has 1 aromatic carbocycles. The van der Waals surface area contributed by atoms with Gasteiger partial charge in [0.1, 0.15) is 0 Å². The van der Waals surface area contributed by atoms with Crippen LogP contribution in [-0.2, 0) is 4.74 Å². The van der Waals surface area contributed by atoms with Crippen molar-refractivity contribution in [3.63, 3.8) is 0 Å². The topological polar surface area (TPSA) is 51.0 Å². The molecular weight excluding hydrogens is 212 g/mol. The molecule has 3 rings (SSSR count). The van der Waals surface area contributed by atoms with Gasteiger partial charge >= 0.3 is 0 Å². The summed E-state index contributed by atoms with van der Waals surface area (Å²) >= 11 is 0. The molecule has 0 radical (unpaired) electrons. The van der Waals surface area contributed by atoms with Gasteiger partial charge in [-0.2, -0.15) is 0 Å². The Bertz CT molecular complexity index is 500. The molecule has 1 atom stereocenters. The summed E-state index contributed by atoms with van der Waals surface area (Å²) < 4.78 is 5.38. The predicted molar refractivity (Wildman–Crippen MR) is 68.8 cm³/mol. The lowest BCUT2D eigenvalue weighted by atomic mass is 9.87. The van der Waals surface area contributed by atoms with Crippen LogP contribution in [0.25, 0.3) is 10.9 Å². The largest absolute Gasteiger partial charge is 0.381 e. The zero-order valence-corrected chi connectivity index (χ0v) is 9.86. The van der Waals surface area contributed by atoms with E-state index in [4.69, 9.17) is 10.5 Å². The van der Waals surface area contributed by atoms with Crippen molar-refractivity contribution in [3.05, 3.63) is 36.0 Å². The number of aromatic amines is 1. The van der Waals surface area contributed by atoms with Crippen molar-refractivity contribution in [1.29, 1.82) is 0 Å². The Morgan fingerprint density at radius 1 is 1.24 bits per heavy atom. The molecule has 1 saturated heterocycles. The molecule has 0 aliphatic carbocycles. The number of benzene rings is 1. The maximum absolute atomic E-state index is 6.36. The highest BCUT2D eigenvalue weighted by Crippen LogP contribution is 2.29. The number of hydrogen-bond donors (Lipinski definition) is 2. The Labute approximate surface area is 101 Å². The van der Waals surface area contributed by atoms with Crippen molar-refractivity contribution in [2.24, 2.45) is 11.7 Å². The molecule has 0 saturated carbocycles. The summed E-state index contributed by atoms with van der Waals surface area (Å²) in [5.74, 6) is 0.556. The van der Waals surface area contributed by atoms with Crippen molar-refractivity contribution in [1.82, 2.24) is 4.98 Å². The van der Waals surface area contributed by atoms with Gasteiger partial charge in [0.2, 0.25) is 0 Å². The van der Waals surface area contributed by atoms with E-state index in [9.17, 15) is 0 Å². The number of fused-ring (bicyclic) bond motifs is 1. The third-order valence-corrected chi connectivity index (χ3v) is 3.74. The second-order valence-corrected chi connectivity index (χ2v) is 4.80. The standard InChI is InChI=1S/C14H18N2O/c15-14(10-4-7-17-8-5-10)12-1-2-13-11(9-12)3-6-16-13/h1-3,6,9-10,14,16H,4-5,7-8,15H2/t14-/m1/s1. The van der Waals surface area contributed by atoms with Crippen LogP contribution in [0.15, 0.2) is 30.5 Å². The van der Waals surface area contributed by atoms with Crippen LogP contribution in [-0.4, -0.2) is 18.2 Å². The van der Waals surface area contributed by atoms with E-state index in [1.54, 1.807) is 0 Å². The fourth-order valence-electron chi connectivity index (χ4n) is 2.63. The average molecular weight is 230 g/mol. The molecule has 3 heteroatoms. The Balaban J connectivity index is 1.86. The quantitative estimate of drug-likeness (QED) is 0.833.